The molecular formula is C22H27N5O4. The van der Waals surface area contributed by atoms with E-state index in [-0.39, 0.29) is 11.8 Å². The highest BCUT2D eigenvalue weighted by Gasteiger charge is 2.27. The van der Waals surface area contributed by atoms with Crippen LogP contribution in [0.4, 0.5) is 17.3 Å². The third-order valence-corrected chi connectivity index (χ3v) is 5.74. The summed E-state index contributed by atoms with van der Waals surface area (Å²) in [5.41, 5.74) is 1.75. The highest BCUT2D eigenvalue weighted by molar-refractivity contribution is 6.02. The largest absolute Gasteiger partial charge is 0.465 e. The van der Waals surface area contributed by atoms with Gasteiger partial charge in [-0.25, -0.2) is 14.8 Å². The molecule has 0 aliphatic carbocycles. The molecule has 0 saturated carbocycles. The molecule has 1 aromatic carbocycles. The summed E-state index contributed by atoms with van der Waals surface area (Å²) in [4.78, 5) is 38.1. The van der Waals surface area contributed by atoms with E-state index in [0.717, 1.165) is 18.8 Å². The number of hydrogen-bond acceptors (Lipinski definition) is 8. The van der Waals surface area contributed by atoms with Crippen LogP contribution in [0.2, 0.25) is 0 Å². The number of anilines is 3. The molecule has 1 N–H and O–H groups in total. The molecule has 2 aliphatic heterocycles. The SMILES string of the molecule is COC(=O)c1cc(N2CCOCC2)ccc1NC(=O)C1CCN(c2ncccn2)CC1. The van der Waals surface area contributed by atoms with Gasteiger partial charge in [0.05, 0.1) is 31.6 Å². The van der Waals surface area contributed by atoms with E-state index in [4.69, 9.17) is 9.47 Å². The van der Waals surface area contributed by atoms with Gasteiger partial charge in [-0.3, -0.25) is 4.79 Å². The number of piperidine rings is 1. The number of esters is 1. The van der Waals surface area contributed by atoms with Crippen molar-refractivity contribution in [1.82, 2.24) is 9.97 Å². The van der Waals surface area contributed by atoms with Gasteiger partial charge in [0.1, 0.15) is 0 Å². The van der Waals surface area contributed by atoms with Crippen molar-refractivity contribution in [3.05, 3.63) is 42.2 Å². The Morgan fingerprint density at radius 2 is 1.77 bits per heavy atom. The summed E-state index contributed by atoms with van der Waals surface area (Å²) in [6.45, 7) is 4.24. The van der Waals surface area contributed by atoms with Crippen LogP contribution in [0.3, 0.4) is 0 Å². The number of nitrogens with one attached hydrogen (secondary N) is 1. The van der Waals surface area contributed by atoms with Crippen LogP contribution in [0, 0.1) is 5.92 Å². The van der Waals surface area contributed by atoms with Crippen LogP contribution in [0.15, 0.2) is 36.7 Å². The molecule has 4 rings (SSSR count). The average molecular weight is 425 g/mol. The lowest BCUT2D eigenvalue weighted by molar-refractivity contribution is -0.120. The zero-order valence-electron chi connectivity index (χ0n) is 17.6. The number of amides is 1. The van der Waals surface area contributed by atoms with Crippen LogP contribution < -0.4 is 15.1 Å². The van der Waals surface area contributed by atoms with Crippen LogP contribution in [0.25, 0.3) is 0 Å². The third-order valence-electron chi connectivity index (χ3n) is 5.74. The van der Waals surface area contributed by atoms with Gasteiger partial charge in [0.2, 0.25) is 11.9 Å². The second-order valence-electron chi connectivity index (χ2n) is 7.62. The first-order valence-corrected chi connectivity index (χ1v) is 10.5. The molecule has 0 atom stereocenters. The van der Waals surface area contributed by atoms with Crippen molar-refractivity contribution >= 4 is 29.2 Å². The van der Waals surface area contributed by atoms with Crippen LogP contribution in [-0.2, 0) is 14.3 Å². The molecule has 2 aliphatic rings. The molecule has 31 heavy (non-hydrogen) atoms. The van der Waals surface area contributed by atoms with E-state index in [1.807, 2.05) is 6.07 Å². The number of aromatic nitrogens is 2. The molecule has 164 valence electrons. The number of hydrogen-bond donors (Lipinski definition) is 1. The first-order chi connectivity index (χ1) is 15.2. The van der Waals surface area contributed by atoms with Gasteiger partial charge in [0.15, 0.2) is 0 Å². The molecule has 2 aromatic rings. The molecule has 9 heteroatoms. The summed E-state index contributed by atoms with van der Waals surface area (Å²) in [5, 5.41) is 2.95. The summed E-state index contributed by atoms with van der Waals surface area (Å²) >= 11 is 0. The van der Waals surface area contributed by atoms with Gasteiger partial charge in [0.25, 0.3) is 0 Å². The summed E-state index contributed by atoms with van der Waals surface area (Å²) in [6.07, 6.45) is 4.83. The molecule has 3 heterocycles. The monoisotopic (exact) mass is 425 g/mol. The number of benzene rings is 1. The van der Waals surface area contributed by atoms with Gasteiger partial charge < -0.3 is 24.6 Å². The van der Waals surface area contributed by atoms with E-state index in [1.165, 1.54) is 7.11 Å². The van der Waals surface area contributed by atoms with Gasteiger partial charge >= 0.3 is 5.97 Å². The Morgan fingerprint density at radius 3 is 2.45 bits per heavy atom. The van der Waals surface area contributed by atoms with Crippen LogP contribution >= 0.6 is 0 Å². The molecule has 9 nitrogen and oxygen atoms in total. The average Bonchev–Trinajstić information content (AvgIpc) is 2.85. The lowest BCUT2D eigenvalue weighted by Gasteiger charge is -2.31. The van der Waals surface area contributed by atoms with Crippen molar-refractivity contribution in [2.45, 2.75) is 12.8 Å². The zero-order valence-corrected chi connectivity index (χ0v) is 17.6. The number of methoxy groups -OCH3 is 1. The molecule has 1 amide bonds. The Hall–Kier alpha value is -3.20. The Kier molecular flexibility index (Phi) is 6.61. The minimum absolute atomic E-state index is 0.0853. The maximum atomic E-state index is 12.9. The maximum absolute atomic E-state index is 12.9. The molecule has 0 bridgehead atoms. The Labute approximate surface area is 181 Å². The second kappa shape index (κ2) is 9.74. The Morgan fingerprint density at radius 1 is 1.06 bits per heavy atom. The standard InChI is InChI=1S/C22H27N5O4/c1-30-21(29)18-15-17(26-11-13-31-14-12-26)3-4-19(18)25-20(28)16-5-9-27(10-6-16)22-23-7-2-8-24-22/h2-4,7-8,15-16H,5-6,9-14H2,1H3,(H,25,28). The number of carbonyl (C=O) groups excluding carboxylic acids is 2. The third kappa shape index (κ3) is 4.93. The predicted octanol–water partition coefficient (Wildman–Crippen LogP) is 1.95. The van der Waals surface area contributed by atoms with Crippen LogP contribution in [-0.4, -0.2) is 68.3 Å². The zero-order chi connectivity index (χ0) is 21.6. The summed E-state index contributed by atoms with van der Waals surface area (Å²) in [7, 11) is 1.34. The van der Waals surface area contributed by atoms with Crippen molar-refractivity contribution in [3.63, 3.8) is 0 Å². The van der Waals surface area contributed by atoms with Crippen molar-refractivity contribution < 1.29 is 19.1 Å². The van der Waals surface area contributed by atoms with Crippen molar-refractivity contribution in [2.24, 2.45) is 5.92 Å². The highest BCUT2D eigenvalue weighted by Crippen LogP contribution is 2.27. The van der Waals surface area contributed by atoms with Crippen molar-refractivity contribution in [2.75, 3.05) is 61.6 Å². The molecule has 2 saturated heterocycles. The fourth-order valence-corrected chi connectivity index (χ4v) is 3.97. The lowest BCUT2D eigenvalue weighted by Crippen LogP contribution is -2.39. The minimum Gasteiger partial charge on any atom is -0.465 e. The number of morpholine rings is 1. The van der Waals surface area contributed by atoms with Crippen LogP contribution in [0.1, 0.15) is 23.2 Å². The second-order valence-corrected chi connectivity index (χ2v) is 7.62. The van der Waals surface area contributed by atoms with Gasteiger partial charge in [-0.05, 0) is 37.1 Å². The topological polar surface area (TPSA) is 96.9 Å². The minimum atomic E-state index is -0.471. The molecule has 1 aromatic heterocycles. The number of nitrogens with zero attached hydrogens (tertiary/aromatic N) is 4. The highest BCUT2D eigenvalue weighted by atomic mass is 16.5. The molecule has 2 fully saturated rings. The summed E-state index contributed by atoms with van der Waals surface area (Å²) in [6, 6.07) is 7.26. The smallest absolute Gasteiger partial charge is 0.340 e. The van der Waals surface area contributed by atoms with Gasteiger partial charge in [0, 0.05) is 50.2 Å². The van der Waals surface area contributed by atoms with E-state index in [9.17, 15) is 9.59 Å². The Bertz CT molecular complexity index is 909. The fraction of sp³-hybridized carbons (Fsp3) is 0.455. The predicted molar refractivity (Wildman–Crippen MR) is 116 cm³/mol. The molecule has 0 radical (unpaired) electrons. The van der Waals surface area contributed by atoms with E-state index < -0.39 is 5.97 Å². The first-order valence-electron chi connectivity index (χ1n) is 10.5. The van der Waals surface area contributed by atoms with Crippen LogP contribution in [0.5, 0.6) is 0 Å². The first kappa shape index (κ1) is 21.0. The summed E-state index contributed by atoms with van der Waals surface area (Å²) < 4.78 is 10.4. The van der Waals surface area contributed by atoms with Gasteiger partial charge in [-0.2, -0.15) is 0 Å². The lowest BCUT2D eigenvalue weighted by atomic mass is 9.95. The normalized spacial score (nSPS) is 17.3. The van der Waals surface area contributed by atoms with Gasteiger partial charge in [-0.1, -0.05) is 0 Å². The number of rotatable bonds is 5. The van der Waals surface area contributed by atoms with E-state index >= 15 is 0 Å². The van der Waals surface area contributed by atoms with Gasteiger partial charge in [-0.15, -0.1) is 0 Å². The molecule has 0 unspecified atom stereocenters. The number of carbonyl (C=O) groups is 2. The van der Waals surface area contributed by atoms with E-state index in [1.54, 1.807) is 30.6 Å². The molecular weight excluding hydrogens is 398 g/mol. The van der Waals surface area contributed by atoms with Crippen molar-refractivity contribution in [3.8, 4) is 0 Å². The van der Waals surface area contributed by atoms with E-state index in [0.29, 0.717) is 56.3 Å². The Balaban J connectivity index is 1.43. The quantitative estimate of drug-likeness (QED) is 0.726. The molecule has 0 spiro atoms. The maximum Gasteiger partial charge on any atom is 0.340 e. The fourth-order valence-electron chi connectivity index (χ4n) is 3.97. The summed E-state index contributed by atoms with van der Waals surface area (Å²) in [5.74, 6) is -0.00298. The van der Waals surface area contributed by atoms with E-state index in [2.05, 4.69) is 25.1 Å². The number of ether oxygens (including phenoxy) is 2. The van der Waals surface area contributed by atoms with Crippen molar-refractivity contribution in [1.29, 1.82) is 0 Å².